The van der Waals surface area contributed by atoms with Crippen LogP contribution in [0.3, 0.4) is 0 Å². The highest BCUT2D eigenvalue weighted by Gasteiger charge is 2.30. The molecule has 2 atom stereocenters. The maximum absolute atomic E-state index is 11.4. The van der Waals surface area contributed by atoms with Crippen LogP contribution in [0.4, 0.5) is 0 Å². The van der Waals surface area contributed by atoms with Crippen molar-refractivity contribution in [2.24, 2.45) is 11.8 Å². The number of esters is 1. The Balaban J connectivity index is 4.33. The number of rotatable bonds is 7. The quantitative estimate of drug-likeness (QED) is 0.662. The zero-order valence-corrected chi connectivity index (χ0v) is 9.66. The van der Waals surface area contributed by atoms with Gasteiger partial charge in [-0.2, -0.15) is 0 Å². The van der Waals surface area contributed by atoms with Crippen molar-refractivity contribution in [2.75, 3.05) is 6.61 Å². The molecule has 0 spiro atoms. The van der Waals surface area contributed by atoms with Crippen LogP contribution in [-0.2, 0) is 14.3 Å². The van der Waals surface area contributed by atoms with Gasteiger partial charge in [-0.15, -0.1) is 0 Å². The van der Waals surface area contributed by atoms with Crippen molar-refractivity contribution in [2.45, 2.75) is 40.0 Å². The molecule has 0 saturated carbocycles. The van der Waals surface area contributed by atoms with Crippen molar-refractivity contribution in [3.8, 4) is 0 Å². The van der Waals surface area contributed by atoms with E-state index in [0.717, 1.165) is 12.8 Å². The third-order valence-corrected chi connectivity index (χ3v) is 2.45. The number of carbonyl (C=O) groups excluding carboxylic acids is 1. The highest BCUT2D eigenvalue weighted by Crippen LogP contribution is 2.20. The first-order chi connectivity index (χ1) is 7.04. The third-order valence-electron chi connectivity index (χ3n) is 2.45. The van der Waals surface area contributed by atoms with Gasteiger partial charge >= 0.3 is 11.9 Å². The molecule has 0 aromatic carbocycles. The minimum Gasteiger partial charge on any atom is -0.481 e. The number of carboxylic acids is 1. The molecule has 0 aromatic heterocycles. The van der Waals surface area contributed by atoms with Gasteiger partial charge in [0, 0.05) is 0 Å². The van der Waals surface area contributed by atoms with Crippen LogP contribution in [0.15, 0.2) is 0 Å². The topological polar surface area (TPSA) is 63.6 Å². The second kappa shape index (κ2) is 7.26. The first kappa shape index (κ1) is 13.9. The van der Waals surface area contributed by atoms with E-state index in [1.807, 2.05) is 6.92 Å². The molecule has 0 saturated heterocycles. The van der Waals surface area contributed by atoms with Crippen LogP contribution in [-0.4, -0.2) is 23.7 Å². The molecule has 0 rings (SSSR count). The first-order valence-corrected chi connectivity index (χ1v) is 5.44. The number of carboxylic acid groups (broad SMARTS) is 1. The number of carbonyl (C=O) groups is 2. The summed E-state index contributed by atoms with van der Waals surface area (Å²) in [6.45, 7) is 5.62. The normalized spacial score (nSPS) is 14.3. The summed E-state index contributed by atoms with van der Waals surface area (Å²) in [5.74, 6) is -2.51. The standard InChI is InChI=1S/C11H20O4/c1-4-6-7-9(10(12)13)8(3)11(14)15-5-2/h8-9H,4-7H2,1-3H3,(H,12,13). The van der Waals surface area contributed by atoms with E-state index in [0.29, 0.717) is 13.0 Å². The van der Waals surface area contributed by atoms with Crippen molar-refractivity contribution in [3.63, 3.8) is 0 Å². The lowest BCUT2D eigenvalue weighted by atomic mass is 9.89. The molecule has 0 aliphatic heterocycles. The zero-order chi connectivity index (χ0) is 11.8. The van der Waals surface area contributed by atoms with Gasteiger partial charge in [0.25, 0.3) is 0 Å². The second-order valence-electron chi connectivity index (χ2n) is 3.63. The minimum absolute atomic E-state index is 0.295. The summed E-state index contributed by atoms with van der Waals surface area (Å²) in [6.07, 6.45) is 2.28. The van der Waals surface area contributed by atoms with E-state index in [1.165, 1.54) is 0 Å². The fourth-order valence-corrected chi connectivity index (χ4v) is 1.45. The van der Waals surface area contributed by atoms with E-state index in [9.17, 15) is 9.59 Å². The molecule has 0 fully saturated rings. The van der Waals surface area contributed by atoms with E-state index in [-0.39, 0.29) is 0 Å². The van der Waals surface area contributed by atoms with Crippen molar-refractivity contribution in [3.05, 3.63) is 0 Å². The molecule has 2 unspecified atom stereocenters. The van der Waals surface area contributed by atoms with Gasteiger partial charge in [0.05, 0.1) is 18.4 Å². The monoisotopic (exact) mass is 216 g/mol. The summed E-state index contributed by atoms with van der Waals surface area (Å²) in [4.78, 5) is 22.3. The molecule has 88 valence electrons. The van der Waals surface area contributed by atoms with Gasteiger partial charge in [-0.3, -0.25) is 9.59 Å². The number of hydrogen-bond donors (Lipinski definition) is 1. The Labute approximate surface area is 90.6 Å². The summed E-state index contributed by atoms with van der Waals surface area (Å²) in [7, 11) is 0. The number of hydrogen-bond acceptors (Lipinski definition) is 3. The Kier molecular flexibility index (Phi) is 6.75. The van der Waals surface area contributed by atoms with E-state index in [2.05, 4.69) is 0 Å². The predicted molar refractivity (Wildman–Crippen MR) is 56.4 cm³/mol. The molecule has 0 aliphatic rings. The summed E-state index contributed by atoms with van der Waals surface area (Å²) in [5.41, 5.74) is 0. The molecule has 4 heteroatoms. The molecule has 0 heterocycles. The summed E-state index contributed by atoms with van der Waals surface area (Å²) in [5, 5.41) is 8.98. The second-order valence-corrected chi connectivity index (χ2v) is 3.63. The summed E-state index contributed by atoms with van der Waals surface area (Å²) < 4.78 is 4.81. The third kappa shape index (κ3) is 4.81. The maximum Gasteiger partial charge on any atom is 0.309 e. The van der Waals surface area contributed by atoms with Crippen LogP contribution in [0.1, 0.15) is 40.0 Å². The Bertz CT molecular complexity index is 213. The molecular weight excluding hydrogens is 196 g/mol. The lowest BCUT2D eigenvalue weighted by Gasteiger charge is -2.18. The van der Waals surface area contributed by atoms with Crippen LogP contribution in [0, 0.1) is 11.8 Å². The van der Waals surface area contributed by atoms with Gasteiger partial charge in [0.15, 0.2) is 0 Å². The highest BCUT2D eigenvalue weighted by molar-refractivity contribution is 5.80. The maximum atomic E-state index is 11.4. The number of aliphatic carboxylic acids is 1. The van der Waals surface area contributed by atoms with E-state index < -0.39 is 23.8 Å². The average Bonchev–Trinajstić information content (AvgIpc) is 2.18. The van der Waals surface area contributed by atoms with Crippen LogP contribution in [0.5, 0.6) is 0 Å². The van der Waals surface area contributed by atoms with Crippen molar-refractivity contribution < 1.29 is 19.4 Å². The number of unbranched alkanes of at least 4 members (excludes halogenated alkanes) is 1. The largest absolute Gasteiger partial charge is 0.481 e. The van der Waals surface area contributed by atoms with Crippen LogP contribution < -0.4 is 0 Å². The van der Waals surface area contributed by atoms with Gasteiger partial charge < -0.3 is 9.84 Å². The van der Waals surface area contributed by atoms with Gasteiger partial charge in [-0.25, -0.2) is 0 Å². The van der Waals surface area contributed by atoms with Crippen LogP contribution >= 0.6 is 0 Å². The molecule has 0 amide bonds. The van der Waals surface area contributed by atoms with Crippen LogP contribution in [0.2, 0.25) is 0 Å². The number of ether oxygens (including phenoxy) is 1. The van der Waals surface area contributed by atoms with E-state index in [1.54, 1.807) is 13.8 Å². The van der Waals surface area contributed by atoms with E-state index >= 15 is 0 Å². The molecule has 0 radical (unpaired) electrons. The Morgan fingerprint density at radius 3 is 2.33 bits per heavy atom. The molecular formula is C11H20O4. The van der Waals surface area contributed by atoms with Crippen LogP contribution in [0.25, 0.3) is 0 Å². The highest BCUT2D eigenvalue weighted by atomic mass is 16.5. The molecule has 0 aliphatic carbocycles. The van der Waals surface area contributed by atoms with Crippen molar-refractivity contribution in [1.82, 2.24) is 0 Å². The zero-order valence-electron chi connectivity index (χ0n) is 9.66. The summed E-state index contributed by atoms with van der Waals surface area (Å²) in [6, 6.07) is 0. The Morgan fingerprint density at radius 1 is 1.33 bits per heavy atom. The molecule has 0 bridgehead atoms. The lowest BCUT2D eigenvalue weighted by Crippen LogP contribution is -2.29. The molecule has 4 nitrogen and oxygen atoms in total. The Morgan fingerprint density at radius 2 is 1.93 bits per heavy atom. The fourth-order valence-electron chi connectivity index (χ4n) is 1.45. The smallest absolute Gasteiger partial charge is 0.309 e. The van der Waals surface area contributed by atoms with Gasteiger partial charge in [0.1, 0.15) is 0 Å². The van der Waals surface area contributed by atoms with Gasteiger partial charge in [0.2, 0.25) is 0 Å². The van der Waals surface area contributed by atoms with Gasteiger partial charge in [-0.1, -0.05) is 26.7 Å². The fraction of sp³-hybridized carbons (Fsp3) is 0.818. The van der Waals surface area contributed by atoms with E-state index in [4.69, 9.17) is 9.84 Å². The molecule has 15 heavy (non-hydrogen) atoms. The molecule has 1 N–H and O–H groups in total. The minimum atomic E-state index is -0.913. The first-order valence-electron chi connectivity index (χ1n) is 5.44. The lowest BCUT2D eigenvalue weighted by molar-refractivity contribution is -0.157. The SMILES string of the molecule is CCCCC(C(=O)O)C(C)C(=O)OCC. The predicted octanol–water partition coefficient (Wildman–Crippen LogP) is 2.08. The molecule has 0 aromatic rings. The van der Waals surface area contributed by atoms with Crippen molar-refractivity contribution >= 4 is 11.9 Å². The summed E-state index contributed by atoms with van der Waals surface area (Å²) >= 11 is 0. The van der Waals surface area contributed by atoms with Crippen molar-refractivity contribution in [1.29, 1.82) is 0 Å². The average molecular weight is 216 g/mol. The van der Waals surface area contributed by atoms with Gasteiger partial charge in [-0.05, 0) is 13.3 Å². The Hall–Kier alpha value is -1.06.